The highest BCUT2D eigenvalue weighted by atomic mass is 16.7. The van der Waals surface area contributed by atoms with E-state index in [1.54, 1.807) is 30.5 Å². The van der Waals surface area contributed by atoms with Gasteiger partial charge in [0, 0.05) is 26.2 Å². The minimum atomic E-state index is -1.25. The molecule has 0 bridgehead atoms. The molecule has 1 fully saturated rings. The topological polar surface area (TPSA) is 87.6 Å². The van der Waals surface area contributed by atoms with Crippen LogP contribution in [-0.2, 0) is 19.1 Å². The van der Waals surface area contributed by atoms with E-state index in [9.17, 15) is 9.59 Å². The zero-order chi connectivity index (χ0) is 17.2. The SMILES string of the molecule is CC1(C)OC(=O)C(=Cc2ccc(Oc3cnccn3)cc2)C(=O)O1. The number of carbonyl (C=O) groups excluding carboxylic acids is 2. The van der Waals surface area contributed by atoms with Gasteiger partial charge in [0.25, 0.3) is 5.79 Å². The molecule has 2 aromatic rings. The van der Waals surface area contributed by atoms with Crippen LogP contribution in [0.25, 0.3) is 6.08 Å². The quantitative estimate of drug-likeness (QED) is 0.486. The number of esters is 2. The summed E-state index contributed by atoms with van der Waals surface area (Å²) in [6.45, 7) is 3.00. The Labute approximate surface area is 137 Å². The van der Waals surface area contributed by atoms with Gasteiger partial charge in [-0.2, -0.15) is 0 Å². The molecule has 3 rings (SSSR count). The van der Waals surface area contributed by atoms with Gasteiger partial charge in [0.1, 0.15) is 11.3 Å². The molecule has 7 nitrogen and oxygen atoms in total. The van der Waals surface area contributed by atoms with E-state index in [4.69, 9.17) is 14.2 Å². The molecule has 0 saturated carbocycles. The highest BCUT2D eigenvalue weighted by Gasteiger charge is 2.38. The zero-order valence-electron chi connectivity index (χ0n) is 13.1. The van der Waals surface area contributed by atoms with Gasteiger partial charge in [-0.3, -0.25) is 4.98 Å². The maximum Gasteiger partial charge on any atom is 0.348 e. The number of ether oxygens (including phenoxy) is 3. The van der Waals surface area contributed by atoms with Crippen molar-refractivity contribution in [1.29, 1.82) is 0 Å². The summed E-state index contributed by atoms with van der Waals surface area (Å²) in [4.78, 5) is 31.7. The first-order valence-corrected chi connectivity index (χ1v) is 7.15. The first kappa shape index (κ1) is 15.7. The van der Waals surface area contributed by atoms with Gasteiger partial charge in [-0.1, -0.05) is 12.1 Å². The summed E-state index contributed by atoms with van der Waals surface area (Å²) in [5.41, 5.74) is 0.474. The minimum absolute atomic E-state index is 0.156. The Hall–Kier alpha value is -3.22. The van der Waals surface area contributed by atoms with E-state index < -0.39 is 17.7 Å². The summed E-state index contributed by atoms with van der Waals surface area (Å²) in [6, 6.07) is 6.76. The van der Waals surface area contributed by atoms with E-state index in [0.717, 1.165) is 0 Å². The van der Waals surface area contributed by atoms with Crippen LogP contribution in [0.3, 0.4) is 0 Å². The first-order valence-electron chi connectivity index (χ1n) is 7.15. The fraction of sp³-hybridized carbons (Fsp3) is 0.176. The smallest absolute Gasteiger partial charge is 0.348 e. The Balaban J connectivity index is 1.76. The maximum absolute atomic E-state index is 11.9. The number of hydrogen-bond donors (Lipinski definition) is 0. The second-order valence-electron chi connectivity index (χ2n) is 5.45. The Morgan fingerprint density at radius 3 is 2.29 bits per heavy atom. The predicted octanol–water partition coefficient (Wildman–Crippen LogP) is 2.49. The fourth-order valence-corrected chi connectivity index (χ4v) is 2.04. The van der Waals surface area contributed by atoms with Crippen LogP contribution in [0.5, 0.6) is 11.6 Å². The van der Waals surface area contributed by atoms with Crippen molar-refractivity contribution in [2.75, 3.05) is 0 Å². The molecule has 0 aliphatic carbocycles. The number of rotatable bonds is 3. The van der Waals surface area contributed by atoms with Crippen molar-refractivity contribution in [3.8, 4) is 11.6 Å². The number of carbonyl (C=O) groups is 2. The maximum atomic E-state index is 11.9. The van der Waals surface area contributed by atoms with Gasteiger partial charge in [-0.15, -0.1) is 0 Å². The third-order valence-corrected chi connectivity index (χ3v) is 3.07. The summed E-state index contributed by atoms with van der Waals surface area (Å²) >= 11 is 0. The number of aromatic nitrogens is 2. The van der Waals surface area contributed by atoms with Crippen molar-refractivity contribution in [3.63, 3.8) is 0 Å². The van der Waals surface area contributed by atoms with Crippen molar-refractivity contribution in [2.24, 2.45) is 0 Å². The van der Waals surface area contributed by atoms with Crippen LogP contribution in [0.1, 0.15) is 19.4 Å². The fourth-order valence-electron chi connectivity index (χ4n) is 2.04. The van der Waals surface area contributed by atoms with Gasteiger partial charge in [0.15, 0.2) is 0 Å². The average molecular weight is 326 g/mol. The summed E-state index contributed by atoms with van der Waals surface area (Å²) in [6.07, 6.45) is 5.97. The third-order valence-electron chi connectivity index (χ3n) is 3.07. The monoisotopic (exact) mass is 326 g/mol. The lowest BCUT2D eigenvalue weighted by molar-refractivity contribution is -0.222. The molecule has 24 heavy (non-hydrogen) atoms. The van der Waals surface area contributed by atoms with E-state index in [1.807, 2.05) is 0 Å². The lowest BCUT2D eigenvalue weighted by atomic mass is 10.1. The van der Waals surface area contributed by atoms with Crippen LogP contribution in [-0.4, -0.2) is 27.7 Å². The van der Waals surface area contributed by atoms with Gasteiger partial charge in [-0.25, -0.2) is 14.6 Å². The highest BCUT2D eigenvalue weighted by Crippen LogP contribution is 2.25. The third kappa shape index (κ3) is 3.57. The Morgan fingerprint density at radius 2 is 1.71 bits per heavy atom. The highest BCUT2D eigenvalue weighted by molar-refractivity contribution is 6.18. The largest absolute Gasteiger partial charge is 0.438 e. The molecule has 1 aliphatic rings. The zero-order valence-corrected chi connectivity index (χ0v) is 13.1. The molecule has 1 aliphatic heterocycles. The normalized spacial score (nSPS) is 16.2. The summed E-state index contributed by atoms with van der Waals surface area (Å²) in [7, 11) is 0. The van der Waals surface area contributed by atoms with Crippen LogP contribution < -0.4 is 4.74 Å². The van der Waals surface area contributed by atoms with Gasteiger partial charge >= 0.3 is 11.9 Å². The number of benzene rings is 1. The molecule has 122 valence electrons. The molecule has 0 amide bonds. The number of hydrogen-bond acceptors (Lipinski definition) is 7. The van der Waals surface area contributed by atoms with E-state index in [1.165, 1.54) is 32.3 Å². The number of nitrogens with zero attached hydrogens (tertiary/aromatic N) is 2. The van der Waals surface area contributed by atoms with E-state index in [2.05, 4.69) is 9.97 Å². The molecule has 0 N–H and O–H groups in total. The van der Waals surface area contributed by atoms with Crippen molar-refractivity contribution in [2.45, 2.75) is 19.6 Å². The molecule has 7 heteroatoms. The summed E-state index contributed by atoms with van der Waals surface area (Å²) in [5.74, 6) is -1.76. The van der Waals surface area contributed by atoms with E-state index in [-0.39, 0.29) is 5.57 Å². The van der Waals surface area contributed by atoms with Crippen LogP contribution in [0.2, 0.25) is 0 Å². The van der Waals surface area contributed by atoms with Crippen molar-refractivity contribution in [1.82, 2.24) is 9.97 Å². The van der Waals surface area contributed by atoms with Crippen LogP contribution in [0.15, 0.2) is 48.4 Å². The Morgan fingerprint density at radius 1 is 1.04 bits per heavy atom. The van der Waals surface area contributed by atoms with Gasteiger partial charge in [-0.05, 0) is 23.8 Å². The van der Waals surface area contributed by atoms with Gasteiger partial charge < -0.3 is 14.2 Å². The van der Waals surface area contributed by atoms with Crippen LogP contribution in [0.4, 0.5) is 0 Å². The molecule has 2 heterocycles. The first-order chi connectivity index (χ1) is 11.4. The van der Waals surface area contributed by atoms with Crippen LogP contribution >= 0.6 is 0 Å². The second-order valence-corrected chi connectivity index (χ2v) is 5.45. The van der Waals surface area contributed by atoms with E-state index >= 15 is 0 Å². The molecular weight excluding hydrogens is 312 g/mol. The van der Waals surface area contributed by atoms with Crippen LogP contribution in [0, 0.1) is 0 Å². The Kier molecular flexibility index (Phi) is 3.99. The second kappa shape index (κ2) is 6.11. The lowest BCUT2D eigenvalue weighted by Crippen LogP contribution is -2.41. The Bertz CT molecular complexity index is 775. The molecule has 1 aromatic carbocycles. The van der Waals surface area contributed by atoms with Gasteiger partial charge in [0.2, 0.25) is 5.88 Å². The van der Waals surface area contributed by atoms with Crippen molar-refractivity contribution in [3.05, 3.63) is 54.0 Å². The van der Waals surface area contributed by atoms with Gasteiger partial charge in [0.05, 0.1) is 6.20 Å². The molecule has 0 radical (unpaired) electrons. The van der Waals surface area contributed by atoms with Crippen molar-refractivity contribution >= 4 is 18.0 Å². The standard InChI is InChI=1S/C17H14N2O5/c1-17(2)23-15(20)13(16(21)24-17)9-11-3-5-12(6-4-11)22-14-10-18-7-8-19-14/h3-10H,1-2H3. The summed E-state index contributed by atoms with van der Waals surface area (Å²) in [5, 5.41) is 0. The molecule has 0 spiro atoms. The molecule has 0 atom stereocenters. The molecule has 1 saturated heterocycles. The predicted molar refractivity (Wildman–Crippen MR) is 82.8 cm³/mol. The van der Waals surface area contributed by atoms with Crippen molar-refractivity contribution < 1.29 is 23.8 Å². The summed E-state index contributed by atoms with van der Waals surface area (Å²) < 4.78 is 15.6. The average Bonchev–Trinajstić information content (AvgIpc) is 2.53. The lowest BCUT2D eigenvalue weighted by Gasteiger charge is -2.29. The molecule has 1 aromatic heterocycles. The molecular formula is C17H14N2O5. The molecule has 0 unspecified atom stereocenters. The number of cyclic esters (lactones) is 2. The van der Waals surface area contributed by atoms with E-state index in [0.29, 0.717) is 17.2 Å². The minimum Gasteiger partial charge on any atom is -0.438 e.